The summed E-state index contributed by atoms with van der Waals surface area (Å²) in [4.78, 5) is 10.3. The molecule has 0 radical (unpaired) electrons. The van der Waals surface area contributed by atoms with Gasteiger partial charge >= 0.3 is 0 Å². The van der Waals surface area contributed by atoms with Crippen LogP contribution < -0.4 is 5.32 Å². The summed E-state index contributed by atoms with van der Waals surface area (Å²) < 4.78 is 7.48. The largest absolute Gasteiger partial charge is 0.344 e. The van der Waals surface area contributed by atoms with Crippen molar-refractivity contribution in [1.82, 2.24) is 18.7 Å². The van der Waals surface area contributed by atoms with Crippen molar-refractivity contribution in [3.63, 3.8) is 0 Å². The quantitative estimate of drug-likeness (QED) is 0.193. The van der Waals surface area contributed by atoms with E-state index in [9.17, 15) is 0 Å². The first-order valence-electron chi connectivity index (χ1n) is 19.5. The number of hydrogen-bond acceptors (Lipinski definition) is 3. The van der Waals surface area contributed by atoms with E-state index in [4.69, 9.17) is 9.98 Å². The Morgan fingerprint density at radius 2 is 1.00 bits per heavy atom. The van der Waals surface area contributed by atoms with Crippen LogP contribution in [-0.4, -0.2) is 25.0 Å². The molecule has 13 rings (SSSR count). The number of para-hydroxylation sites is 3. The Kier molecular flexibility index (Phi) is 6.13. The second kappa shape index (κ2) is 11.4. The number of nitrogens with zero attached hydrogens (tertiary/aromatic N) is 5. The molecular weight excluding hydrogens is 697 g/mol. The predicted octanol–water partition coefficient (Wildman–Crippen LogP) is 11.8. The maximum atomic E-state index is 5.16. The molecule has 6 heteroatoms. The fraction of sp³-hybridized carbons (Fsp3) is 0.0196. The van der Waals surface area contributed by atoms with Gasteiger partial charge in [0.15, 0.2) is 5.84 Å². The van der Waals surface area contributed by atoms with Gasteiger partial charge in [-0.1, -0.05) is 133 Å². The van der Waals surface area contributed by atoms with Crippen LogP contribution in [0.15, 0.2) is 192 Å². The third-order valence-electron chi connectivity index (χ3n) is 12.0. The Bertz CT molecular complexity index is 3660. The molecule has 8 aromatic carbocycles. The zero-order valence-corrected chi connectivity index (χ0v) is 30.6. The van der Waals surface area contributed by atoms with Crippen molar-refractivity contribution in [2.75, 3.05) is 0 Å². The average Bonchev–Trinajstić information content (AvgIpc) is 3.92. The Balaban J connectivity index is 1.14. The van der Waals surface area contributed by atoms with Gasteiger partial charge in [0, 0.05) is 49.1 Å². The van der Waals surface area contributed by atoms with Crippen LogP contribution in [0.5, 0.6) is 0 Å². The smallest absolute Gasteiger partial charge is 0.159 e. The van der Waals surface area contributed by atoms with Crippen LogP contribution >= 0.6 is 0 Å². The van der Waals surface area contributed by atoms with Crippen LogP contribution in [0.2, 0.25) is 0 Å². The van der Waals surface area contributed by atoms with Gasteiger partial charge in [-0.15, -0.1) is 0 Å². The summed E-state index contributed by atoms with van der Waals surface area (Å²) in [7, 11) is 0. The van der Waals surface area contributed by atoms with Gasteiger partial charge in [0.25, 0.3) is 0 Å². The van der Waals surface area contributed by atoms with Gasteiger partial charge in [0.1, 0.15) is 12.0 Å². The molecule has 0 spiro atoms. The molecule has 0 aliphatic carbocycles. The molecule has 1 atom stereocenters. The van der Waals surface area contributed by atoms with Gasteiger partial charge in [-0.2, -0.15) is 0 Å². The molecule has 0 fully saturated rings. The summed E-state index contributed by atoms with van der Waals surface area (Å²) >= 11 is 0. The number of aromatic nitrogens is 3. The van der Waals surface area contributed by atoms with Crippen molar-refractivity contribution >= 4 is 88.1 Å². The molecule has 4 aromatic heterocycles. The summed E-state index contributed by atoms with van der Waals surface area (Å²) in [5, 5.41) is 11.2. The van der Waals surface area contributed by atoms with Crippen molar-refractivity contribution in [1.29, 1.82) is 0 Å². The molecule has 1 unspecified atom stereocenters. The van der Waals surface area contributed by atoms with Gasteiger partial charge < -0.3 is 18.7 Å². The lowest BCUT2D eigenvalue weighted by Crippen LogP contribution is -2.33. The van der Waals surface area contributed by atoms with E-state index >= 15 is 0 Å². The molecule has 6 nitrogen and oxygen atoms in total. The van der Waals surface area contributed by atoms with Gasteiger partial charge in [0.2, 0.25) is 0 Å². The van der Waals surface area contributed by atoms with Gasteiger partial charge in [0.05, 0.1) is 44.1 Å². The highest BCUT2D eigenvalue weighted by atomic mass is 15.2. The number of rotatable bonds is 4. The summed E-state index contributed by atoms with van der Waals surface area (Å²) in [5.41, 5.74) is 13.7. The zero-order valence-electron chi connectivity index (χ0n) is 30.6. The second-order valence-corrected chi connectivity index (χ2v) is 15.0. The van der Waals surface area contributed by atoms with Crippen LogP contribution in [-0.2, 0) is 0 Å². The van der Waals surface area contributed by atoms with E-state index in [0.29, 0.717) is 5.84 Å². The fourth-order valence-corrected chi connectivity index (χ4v) is 9.64. The van der Waals surface area contributed by atoms with E-state index in [1.165, 1.54) is 65.4 Å². The van der Waals surface area contributed by atoms with E-state index in [0.717, 1.165) is 39.2 Å². The SMILES string of the molecule is c1ccc(C2=NC(c3ccccc3)NC(c3cccc(-n4c5cccc6c5c5c4ccc4c7ccccc7n(c7cccc8c9ccccc9n6c87)c45)c3)=N2)cc1. The average molecular weight is 729 g/mol. The summed E-state index contributed by atoms with van der Waals surface area (Å²) in [6, 6.07) is 65.4. The number of amidine groups is 2. The maximum Gasteiger partial charge on any atom is 0.159 e. The highest BCUT2D eigenvalue weighted by Crippen LogP contribution is 2.45. The Hall–Kier alpha value is -7.70. The molecule has 1 N–H and O–H groups in total. The van der Waals surface area contributed by atoms with E-state index in [2.05, 4.69) is 176 Å². The van der Waals surface area contributed by atoms with Crippen LogP contribution in [0.25, 0.3) is 82.1 Å². The minimum Gasteiger partial charge on any atom is -0.344 e. The third-order valence-corrected chi connectivity index (χ3v) is 12.0. The monoisotopic (exact) mass is 728 g/mol. The number of hydrogen-bond donors (Lipinski definition) is 1. The molecule has 12 aromatic rings. The molecule has 1 aliphatic heterocycles. The lowest BCUT2D eigenvalue weighted by atomic mass is 10.1. The topological polar surface area (TPSA) is 50.5 Å². The first-order valence-corrected chi connectivity index (χ1v) is 19.5. The second-order valence-electron chi connectivity index (χ2n) is 15.0. The molecule has 266 valence electrons. The van der Waals surface area contributed by atoms with E-state index < -0.39 is 0 Å². The standard InChI is InChI=1S/C51H32N6/c1-3-14-31(15-4-1)49-52-50(32-16-5-2-6-17-32)54-51(53-49)33-18-11-19-34(30-33)55-41-25-13-26-42-45(41)46-43(55)29-28-38-36-21-8-10-24-40(36)57(48(38)46)44-27-12-22-37-35-20-7-9-23-39(35)56(42)47(37)44/h1-30,49H,(H,52,53,54). The Morgan fingerprint density at radius 3 is 1.81 bits per heavy atom. The summed E-state index contributed by atoms with van der Waals surface area (Å²) in [6.07, 6.45) is -0.278. The molecule has 1 aliphatic rings. The lowest BCUT2D eigenvalue weighted by molar-refractivity contribution is 0.674. The minimum absolute atomic E-state index is 0.278. The summed E-state index contributed by atoms with van der Waals surface area (Å²) in [6.45, 7) is 0. The number of nitrogens with one attached hydrogen (secondary N) is 1. The van der Waals surface area contributed by atoms with Crippen molar-refractivity contribution < 1.29 is 0 Å². The lowest BCUT2D eigenvalue weighted by Gasteiger charge is -2.24. The van der Waals surface area contributed by atoms with Crippen molar-refractivity contribution in [3.8, 4) is 5.69 Å². The number of fused-ring (bicyclic) bond motifs is 8. The molecule has 0 saturated carbocycles. The minimum atomic E-state index is -0.278. The van der Waals surface area contributed by atoms with E-state index in [1.54, 1.807) is 0 Å². The van der Waals surface area contributed by atoms with Crippen LogP contribution in [0.4, 0.5) is 0 Å². The summed E-state index contributed by atoms with van der Waals surface area (Å²) in [5.74, 6) is 1.50. The molecule has 0 amide bonds. The molecule has 0 bridgehead atoms. The molecule has 57 heavy (non-hydrogen) atoms. The fourth-order valence-electron chi connectivity index (χ4n) is 9.64. The Morgan fingerprint density at radius 1 is 0.421 bits per heavy atom. The maximum absolute atomic E-state index is 5.16. The molecule has 5 heterocycles. The molecular formula is C51H32N6. The zero-order chi connectivity index (χ0) is 37.2. The van der Waals surface area contributed by atoms with Gasteiger partial charge in [-0.25, -0.2) is 9.98 Å². The van der Waals surface area contributed by atoms with Gasteiger partial charge in [-0.05, 0) is 54.1 Å². The van der Waals surface area contributed by atoms with Crippen molar-refractivity contribution in [3.05, 3.63) is 199 Å². The van der Waals surface area contributed by atoms with E-state index in [-0.39, 0.29) is 6.17 Å². The number of benzene rings is 8. The van der Waals surface area contributed by atoms with Crippen LogP contribution in [0.3, 0.4) is 0 Å². The molecule has 0 saturated heterocycles. The Labute approximate surface area is 326 Å². The predicted molar refractivity (Wildman–Crippen MR) is 236 cm³/mol. The van der Waals surface area contributed by atoms with Crippen molar-refractivity contribution in [2.24, 2.45) is 9.98 Å². The first kappa shape index (κ1) is 30.6. The highest BCUT2D eigenvalue weighted by molar-refractivity contribution is 6.31. The highest BCUT2D eigenvalue weighted by Gasteiger charge is 2.26. The number of aliphatic imine (C=N–C) groups is 2. The normalized spacial score (nSPS) is 14.8. The third kappa shape index (κ3) is 4.18. The van der Waals surface area contributed by atoms with Crippen molar-refractivity contribution in [2.45, 2.75) is 6.17 Å². The van der Waals surface area contributed by atoms with Crippen LogP contribution in [0.1, 0.15) is 22.9 Å². The van der Waals surface area contributed by atoms with E-state index in [1.807, 2.05) is 24.3 Å². The first-order chi connectivity index (χ1) is 28.3. The van der Waals surface area contributed by atoms with Gasteiger partial charge in [-0.3, -0.25) is 0 Å². The van der Waals surface area contributed by atoms with Crippen LogP contribution in [0, 0.1) is 0 Å².